The first kappa shape index (κ1) is 13.6. The lowest BCUT2D eigenvalue weighted by atomic mass is 10.2. The average molecular weight is 380 g/mol. The third kappa shape index (κ3) is 3.14. The van der Waals surface area contributed by atoms with Crippen LogP contribution in [-0.2, 0) is 4.79 Å². The van der Waals surface area contributed by atoms with Crippen LogP contribution in [0.15, 0.2) is 18.2 Å². The molecule has 6 heteroatoms. The molecule has 0 unspecified atom stereocenters. The van der Waals surface area contributed by atoms with E-state index in [0.29, 0.717) is 10.6 Å². The molecule has 1 fully saturated rings. The van der Waals surface area contributed by atoms with E-state index in [1.54, 1.807) is 18.2 Å². The van der Waals surface area contributed by atoms with E-state index in [4.69, 9.17) is 16.7 Å². The zero-order valence-corrected chi connectivity index (χ0v) is 12.3. The van der Waals surface area contributed by atoms with Gasteiger partial charge in [0.25, 0.3) is 5.91 Å². The minimum atomic E-state index is -0.993. The molecule has 96 valence electrons. The number of carbonyl (C=O) groups is 2. The van der Waals surface area contributed by atoms with Gasteiger partial charge in [-0.3, -0.25) is 9.59 Å². The lowest BCUT2D eigenvalue weighted by Crippen LogP contribution is -2.37. The van der Waals surface area contributed by atoms with Crippen LogP contribution in [0.2, 0.25) is 5.02 Å². The SMILES string of the molecule is O=C(O)CN(C(=O)c1cc(Cl)ccc1I)C1CC1. The Morgan fingerprint density at radius 1 is 1.44 bits per heavy atom. The first-order chi connectivity index (χ1) is 8.49. The number of amides is 1. The number of halogens is 2. The highest BCUT2D eigenvalue weighted by atomic mass is 127. The molecule has 0 radical (unpaired) electrons. The monoisotopic (exact) mass is 379 g/mol. The van der Waals surface area contributed by atoms with Gasteiger partial charge in [-0.15, -0.1) is 0 Å². The molecule has 0 spiro atoms. The summed E-state index contributed by atoms with van der Waals surface area (Å²) < 4.78 is 0.776. The number of nitrogens with zero attached hydrogens (tertiary/aromatic N) is 1. The first-order valence-corrected chi connectivity index (χ1v) is 6.92. The molecule has 2 rings (SSSR count). The van der Waals surface area contributed by atoms with Crippen molar-refractivity contribution in [2.75, 3.05) is 6.54 Å². The molecule has 1 aliphatic carbocycles. The van der Waals surface area contributed by atoms with Gasteiger partial charge in [0.15, 0.2) is 0 Å². The average Bonchev–Trinajstić information content (AvgIpc) is 3.12. The number of carboxylic acid groups (broad SMARTS) is 1. The maximum Gasteiger partial charge on any atom is 0.323 e. The number of benzene rings is 1. The van der Waals surface area contributed by atoms with Gasteiger partial charge >= 0.3 is 5.97 Å². The van der Waals surface area contributed by atoms with Crippen LogP contribution in [0.5, 0.6) is 0 Å². The van der Waals surface area contributed by atoms with Crippen LogP contribution < -0.4 is 0 Å². The van der Waals surface area contributed by atoms with E-state index in [1.807, 2.05) is 22.6 Å². The van der Waals surface area contributed by atoms with Crippen molar-refractivity contribution in [1.82, 2.24) is 4.90 Å². The molecule has 1 aromatic carbocycles. The summed E-state index contributed by atoms with van der Waals surface area (Å²) >= 11 is 7.93. The van der Waals surface area contributed by atoms with E-state index in [0.717, 1.165) is 16.4 Å². The van der Waals surface area contributed by atoms with Crippen molar-refractivity contribution in [2.45, 2.75) is 18.9 Å². The van der Waals surface area contributed by atoms with E-state index < -0.39 is 5.97 Å². The number of rotatable bonds is 4. The molecule has 1 N–H and O–H groups in total. The summed E-state index contributed by atoms with van der Waals surface area (Å²) in [5.74, 6) is -1.25. The highest BCUT2D eigenvalue weighted by Gasteiger charge is 2.34. The van der Waals surface area contributed by atoms with Crippen LogP contribution in [0.25, 0.3) is 0 Å². The summed E-state index contributed by atoms with van der Waals surface area (Å²) in [6.45, 7) is -0.258. The molecule has 1 aliphatic rings. The number of carbonyl (C=O) groups excluding carboxylic acids is 1. The topological polar surface area (TPSA) is 57.6 Å². The molecule has 18 heavy (non-hydrogen) atoms. The van der Waals surface area contributed by atoms with Crippen molar-refractivity contribution in [3.05, 3.63) is 32.4 Å². The Bertz CT molecular complexity index is 502. The Morgan fingerprint density at radius 2 is 2.11 bits per heavy atom. The molecule has 1 saturated carbocycles. The third-order valence-corrected chi connectivity index (χ3v) is 3.89. The second-order valence-corrected chi connectivity index (χ2v) is 5.78. The van der Waals surface area contributed by atoms with Gasteiger partial charge in [-0.1, -0.05) is 11.6 Å². The van der Waals surface area contributed by atoms with Crippen LogP contribution in [0.1, 0.15) is 23.2 Å². The molecule has 4 nitrogen and oxygen atoms in total. The fraction of sp³-hybridized carbons (Fsp3) is 0.333. The number of hydrogen-bond acceptors (Lipinski definition) is 2. The molecule has 0 heterocycles. The second kappa shape index (κ2) is 5.44. The minimum absolute atomic E-state index is 0.0587. The van der Waals surface area contributed by atoms with E-state index >= 15 is 0 Å². The van der Waals surface area contributed by atoms with E-state index in [1.165, 1.54) is 4.90 Å². The van der Waals surface area contributed by atoms with Crippen molar-refractivity contribution in [3.8, 4) is 0 Å². The van der Waals surface area contributed by atoms with Crippen LogP contribution in [0.4, 0.5) is 0 Å². The predicted octanol–water partition coefficient (Wildman–Crippen LogP) is 2.63. The summed E-state index contributed by atoms with van der Waals surface area (Å²) in [7, 11) is 0. The molecule has 1 amide bonds. The number of carboxylic acids is 1. The lowest BCUT2D eigenvalue weighted by molar-refractivity contribution is -0.137. The van der Waals surface area contributed by atoms with Crippen molar-refractivity contribution in [3.63, 3.8) is 0 Å². The molecule has 0 bridgehead atoms. The number of hydrogen-bond donors (Lipinski definition) is 1. The van der Waals surface area contributed by atoms with E-state index in [2.05, 4.69) is 0 Å². The van der Waals surface area contributed by atoms with Gasteiger partial charge in [-0.2, -0.15) is 0 Å². The zero-order chi connectivity index (χ0) is 13.3. The first-order valence-electron chi connectivity index (χ1n) is 5.47. The minimum Gasteiger partial charge on any atom is -0.480 e. The molecule has 1 aromatic rings. The molecule has 0 aliphatic heterocycles. The second-order valence-electron chi connectivity index (χ2n) is 4.18. The molecule has 0 atom stereocenters. The normalized spacial score (nSPS) is 14.3. The Labute approximate surface area is 123 Å². The van der Waals surface area contributed by atoms with Crippen LogP contribution in [0.3, 0.4) is 0 Å². The fourth-order valence-electron chi connectivity index (χ4n) is 1.71. The molecular weight excluding hydrogens is 368 g/mol. The summed E-state index contributed by atoms with van der Waals surface area (Å²) in [4.78, 5) is 24.6. The summed E-state index contributed by atoms with van der Waals surface area (Å²) in [5.41, 5.74) is 0.469. The maximum atomic E-state index is 12.3. The van der Waals surface area contributed by atoms with Crippen molar-refractivity contribution >= 4 is 46.1 Å². The van der Waals surface area contributed by atoms with Crippen LogP contribution in [0, 0.1) is 3.57 Å². The van der Waals surface area contributed by atoms with Gasteiger partial charge in [0, 0.05) is 14.6 Å². The molecule has 0 saturated heterocycles. The maximum absolute atomic E-state index is 12.3. The smallest absolute Gasteiger partial charge is 0.323 e. The van der Waals surface area contributed by atoms with Gasteiger partial charge in [0.2, 0.25) is 0 Å². The molecular formula is C12H11ClINO3. The largest absolute Gasteiger partial charge is 0.480 e. The van der Waals surface area contributed by atoms with Crippen molar-refractivity contribution < 1.29 is 14.7 Å². The quantitative estimate of drug-likeness (QED) is 0.818. The Morgan fingerprint density at radius 3 is 2.67 bits per heavy atom. The fourth-order valence-corrected chi connectivity index (χ4v) is 2.45. The summed E-state index contributed by atoms with van der Waals surface area (Å²) in [6, 6.07) is 5.10. The Hall–Kier alpha value is -0.820. The van der Waals surface area contributed by atoms with Crippen molar-refractivity contribution in [2.24, 2.45) is 0 Å². The standard InChI is InChI=1S/C12H11ClINO3/c13-7-1-4-10(14)9(5-7)12(18)15(6-11(16)17)8-2-3-8/h1,4-5,8H,2-3,6H2,(H,16,17). The molecule has 0 aromatic heterocycles. The lowest BCUT2D eigenvalue weighted by Gasteiger charge is -2.21. The predicted molar refractivity (Wildman–Crippen MR) is 75.9 cm³/mol. The zero-order valence-electron chi connectivity index (χ0n) is 9.40. The van der Waals surface area contributed by atoms with Gasteiger partial charge in [0.1, 0.15) is 6.54 Å². The third-order valence-electron chi connectivity index (χ3n) is 2.71. The highest BCUT2D eigenvalue weighted by Crippen LogP contribution is 2.29. The summed E-state index contributed by atoms with van der Waals surface area (Å²) in [6.07, 6.45) is 1.74. The Kier molecular flexibility index (Phi) is 4.11. The summed E-state index contributed by atoms with van der Waals surface area (Å²) in [5, 5.41) is 9.34. The Balaban J connectivity index is 2.27. The van der Waals surface area contributed by atoms with Gasteiger partial charge in [-0.05, 0) is 53.6 Å². The van der Waals surface area contributed by atoms with Crippen LogP contribution in [-0.4, -0.2) is 34.5 Å². The van der Waals surface area contributed by atoms with Gasteiger partial charge in [-0.25, -0.2) is 0 Å². The van der Waals surface area contributed by atoms with Crippen LogP contribution >= 0.6 is 34.2 Å². The van der Waals surface area contributed by atoms with Crippen molar-refractivity contribution in [1.29, 1.82) is 0 Å². The van der Waals surface area contributed by atoms with Gasteiger partial charge < -0.3 is 10.0 Å². The van der Waals surface area contributed by atoms with Gasteiger partial charge in [0.05, 0.1) is 5.56 Å². The highest BCUT2D eigenvalue weighted by molar-refractivity contribution is 14.1. The number of aliphatic carboxylic acids is 1. The van der Waals surface area contributed by atoms with E-state index in [-0.39, 0.29) is 18.5 Å². The van der Waals surface area contributed by atoms with E-state index in [9.17, 15) is 9.59 Å².